The lowest BCUT2D eigenvalue weighted by Gasteiger charge is -2.39. The number of piperazine rings is 1. The van der Waals surface area contributed by atoms with Crippen molar-refractivity contribution in [3.05, 3.63) is 71.8 Å². The van der Waals surface area contributed by atoms with E-state index in [1.807, 2.05) is 28.0 Å². The molecule has 2 atom stereocenters. The van der Waals surface area contributed by atoms with Crippen molar-refractivity contribution in [1.82, 2.24) is 14.7 Å². The maximum absolute atomic E-state index is 13.0. The summed E-state index contributed by atoms with van der Waals surface area (Å²) in [6.45, 7) is 8.29. The van der Waals surface area contributed by atoms with Crippen molar-refractivity contribution in [3.8, 4) is 5.75 Å². The van der Waals surface area contributed by atoms with Crippen LogP contribution in [-0.4, -0.2) is 77.9 Å². The molecule has 2 unspecified atom stereocenters. The van der Waals surface area contributed by atoms with Gasteiger partial charge in [-0.2, -0.15) is 0 Å². The molecule has 186 valence electrons. The van der Waals surface area contributed by atoms with Gasteiger partial charge in [-0.1, -0.05) is 42.5 Å². The monoisotopic (exact) mass is 475 g/mol. The largest absolute Gasteiger partial charge is 0.484 e. The van der Waals surface area contributed by atoms with Gasteiger partial charge in [0, 0.05) is 50.4 Å². The van der Waals surface area contributed by atoms with E-state index in [4.69, 9.17) is 4.74 Å². The molecule has 0 spiro atoms. The fourth-order valence-electron chi connectivity index (χ4n) is 5.04. The third-order valence-corrected chi connectivity index (χ3v) is 7.08. The highest BCUT2D eigenvalue weighted by molar-refractivity contribution is 5.94. The fraction of sp³-hybridized carbons (Fsp3) is 0.448. The highest BCUT2D eigenvalue weighted by atomic mass is 16.5. The first-order valence-electron chi connectivity index (χ1n) is 12.8. The highest BCUT2D eigenvalue weighted by Crippen LogP contribution is 2.23. The molecule has 2 aromatic rings. The summed E-state index contributed by atoms with van der Waals surface area (Å²) in [5.74, 6) is 0.687. The molecule has 6 nitrogen and oxygen atoms in total. The SMILES string of the molecule is CC1CCCC(C)N1C(=O)COc1ccc(C(=O)N2CCN(C/C=C/c3ccccc3)CC2)cc1. The second-order valence-corrected chi connectivity index (χ2v) is 9.65. The fourth-order valence-corrected chi connectivity index (χ4v) is 5.04. The van der Waals surface area contributed by atoms with Gasteiger partial charge in [-0.25, -0.2) is 0 Å². The van der Waals surface area contributed by atoms with Crippen LogP contribution in [0.5, 0.6) is 5.75 Å². The number of carbonyl (C=O) groups is 2. The zero-order valence-electron chi connectivity index (χ0n) is 20.9. The molecule has 0 saturated carbocycles. The van der Waals surface area contributed by atoms with Crippen molar-refractivity contribution in [2.24, 2.45) is 0 Å². The molecule has 2 saturated heterocycles. The maximum atomic E-state index is 13.0. The van der Waals surface area contributed by atoms with Gasteiger partial charge in [-0.05, 0) is 62.9 Å². The third-order valence-electron chi connectivity index (χ3n) is 7.08. The van der Waals surface area contributed by atoms with Crippen molar-refractivity contribution in [2.45, 2.75) is 45.2 Å². The van der Waals surface area contributed by atoms with E-state index in [1.165, 1.54) is 12.0 Å². The molecule has 0 radical (unpaired) electrons. The Bertz CT molecular complexity index is 988. The first-order chi connectivity index (χ1) is 17.0. The predicted octanol–water partition coefficient (Wildman–Crippen LogP) is 4.33. The predicted molar refractivity (Wildman–Crippen MR) is 139 cm³/mol. The van der Waals surface area contributed by atoms with Crippen molar-refractivity contribution in [1.29, 1.82) is 0 Å². The van der Waals surface area contributed by atoms with Crippen LogP contribution < -0.4 is 4.74 Å². The molecule has 0 N–H and O–H groups in total. The molecule has 2 aliphatic rings. The van der Waals surface area contributed by atoms with E-state index in [0.717, 1.165) is 45.6 Å². The van der Waals surface area contributed by atoms with Crippen molar-refractivity contribution >= 4 is 17.9 Å². The molecule has 2 aromatic carbocycles. The van der Waals surface area contributed by atoms with Crippen molar-refractivity contribution in [2.75, 3.05) is 39.3 Å². The summed E-state index contributed by atoms with van der Waals surface area (Å²) in [7, 11) is 0. The number of piperidine rings is 1. The van der Waals surface area contributed by atoms with E-state index >= 15 is 0 Å². The average molecular weight is 476 g/mol. The van der Waals surface area contributed by atoms with Crippen LogP contribution in [0.4, 0.5) is 0 Å². The normalized spacial score (nSPS) is 21.3. The summed E-state index contributed by atoms with van der Waals surface area (Å²) < 4.78 is 5.75. The van der Waals surface area contributed by atoms with Gasteiger partial charge >= 0.3 is 0 Å². The van der Waals surface area contributed by atoms with E-state index in [-0.39, 0.29) is 30.5 Å². The van der Waals surface area contributed by atoms with Gasteiger partial charge in [0.1, 0.15) is 5.75 Å². The van der Waals surface area contributed by atoms with Gasteiger partial charge < -0.3 is 14.5 Å². The molecule has 35 heavy (non-hydrogen) atoms. The minimum atomic E-state index is 0.0290. The Labute approximate surface area is 209 Å². The first-order valence-corrected chi connectivity index (χ1v) is 12.8. The third kappa shape index (κ3) is 6.73. The molecule has 0 bridgehead atoms. The number of carbonyl (C=O) groups excluding carboxylic acids is 2. The molecule has 4 rings (SSSR count). The zero-order chi connectivity index (χ0) is 24.6. The molecule has 2 fully saturated rings. The van der Waals surface area contributed by atoms with Crippen molar-refractivity contribution in [3.63, 3.8) is 0 Å². The summed E-state index contributed by atoms with van der Waals surface area (Å²) in [4.78, 5) is 31.9. The number of hydrogen-bond donors (Lipinski definition) is 0. The van der Waals surface area contributed by atoms with Crippen LogP contribution in [0.25, 0.3) is 6.08 Å². The summed E-state index contributed by atoms with van der Waals surface area (Å²) in [5.41, 5.74) is 1.85. The summed E-state index contributed by atoms with van der Waals surface area (Å²) in [6, 6.07) is 18.0. The van der Waals surface area contributed by atoms with Crippen LogP contribution >= 0.6 is 0 Å². The van der Waals surface area contributed by atoms with Gasteiger partial charge in [-0.15, -0.1) is 0 Å². The van der Waals surface area contributed by atoms with Crippen LogP contribution in [-0.2, 0) is 4.79 Å². The van der Waals surface area contributed by atoms with Crippen molar-refractivity contribution < 1.29 is 14.3 Å². The van der Waals surface area contributed by atoms with Gasteiger partial charge in [0.25, 0.3) is 11.8 Å². The molecular weight excluding hydrogens is 438 g/mol. The molecule has 2 amide bonds. The van der Waals surface area contributed by atoms with Crippen LogP contribution in [0.1, 0.15) is 49.0 Å². The highest BCUT2D eigenvalue weighted by Gasteiger charge is 2.29. The van der Waals surface area contributed by atoms with Gasteiger partial charge in [0.15, 0.2) is 6.61 Å². The lowest BCUT2D eigenvalue weighted by atomic mass is 9.97. The lowest BCUT2D eigenvalue weighted by molar-refractivity contribution is -0.139. The number of benzene rings is 2. The Morgan fingerprint density at radius 2 is 1.57 bits per heavy atom. The van der Waals surface area contributed by atoms with E-state index in [0.29, 0.717) is 11.3 Å². The smallest absolute Gasteiger partial charge is 0.260 e. The molecule has 2 heterocycles. The minimum Gasteiger partial charge on any atom is -0.484 e. The number of rotatable bonds is 7. The molecule has 6 heteroatoms. The Morgan fingerprint density at radius 1 is 0.914 bits per heavy atom. The average Bonchev–Trinajstić information content (AvgIpc) is 2.88. The molecule has 0 aliphatic carbocycles. The topological polar surface area (TPSA) is 53.1 Å². The summed E-state index contributed by atoms with van der Waals surface area (Å²) in [5, 5.41) is 0. The van der Waals surface area contributed by atoms with Crippen LogP contribution in [0.3, 0.4) is 0 Å². The summed E-state index contributed by atoms with van der Waals surface area (Å²) >= 11 is 0. The number of hydrogen-bond acceptors (Lipinski definition) is 4. The number of amides is 2. The van der Waals surface area contributed by atoms with Crippen LogP contribution in [0.15, 0.2) is 60.7 Å². The number of nitrogens with zero attached hydrogens (tertiary/aromatic N) is 3. The minimum absolute atomic E-state index is 0.0290. The standard InChI is InChI=1S/C29H37N3O3/c1-23-8-6-9-24(2)32(23)28(33)22-35-27-15-13-26(14-16-27)29(34)31-20-18-30(19-21-31)17-7-12-25-10-4-3-5-11-25/h3-5,7,10-16,23-24H,6,8-9,17-22H2,1-2H3/b12-7+. The Balaban J connectivity index is 1.22. The van der Waals surface area contributed by atoms with Gasteiger partial charge in [0.2, 0.25) is 0 Å². The Hall–Kier alpha value is -3.12. The van der Waals surface area contributed by atoms with E-state index in [9.17, 15) is 9.59 Å². The Morgan fingerprint density at radius 3 is 2.23 bits per heavy atom. The number of ether oxygens (including phenoxy) is 1. The van der Waals surface area contributed by atoms with Crippen LogP contribution in [0, 0.1) is 0 Å². The Kier molecular flexibility index (Phi) is 8.59. The second kappa shape index (κ2) is 12.0. The molecular formula is C29H37N3O3. The summed E-state index contributed by atoms with van der Waals surface area (Å²) in [6.07, 6.45) is 7.59. The lowest BCUT2D eigenvalue weighted by Crippen LogP contribution is -2.49. The van der Waals surface area contributed by atoms with E-state index in [1.54, 1.807) is 24.3 Å². The van der Waals surface area contributed by atoms with Crippen LogP contribution in [0.2, 0.25) is 0 Å². The molecule has 0 aromatic heterocycles. The first kappa shape index (κ1) is 25.0. The maximum Gasteiger partial charge on any atom is 0.260 e. The number of likely N-dealkylation sites (tertiary alicyclic amines) is 1. The van der Waals surface area contributed by atoms with Gasteiger partial charge in [-0.3, -0.25) is 14.5 Å². The van der Waals surface area contributed by atoms with E-state index in [2.05, 4.69) is 43.0 Å². The molecule has 2 aliphatic heterocycles. The zero-order valence-corrected chi connectivity index (χ0v) is 20.9. The van der Waals surface area contributed by atoms with Gasteiger partial charge in [0.05, 0.1) is 0 Å². The second-order valence-electron chi connectivity index (χ2n) is 9.65. The quantitative estimate of drug-likeness (QED) is 0.598. The van der Waals surface area contributed by atoms with E-state index < -0.39 is 0 Å².